The van der Waals surface area contributed by atoms with E-state index < -0.39 is 0 Å². The number of nitrogens with one attached hydrogen (secondary N) is 1. The van der Waals surface area contributed by atoms with Crippen LogP contribution in [0.3, 0.4) is 0 Å². The SMILES string of the molecule is CCOc1ccc(NC(=O)/C=C/c2ccc(OC)c(OC)c2)c2cccnc12. The Hall–Kier alpha value is -3.54. The van der Waals surface area contributed by atoms with Crippen LogP contribution in [0.2, 0.25) is 0 Å². The van der Waals surface area contributed by atoms with Crippen molar-refractivity contribution in [1.29, 1.82) is 0 Å². The summed E-state index contributed by atoms with van der Waals surface area (Å²) in [6, 6.07) is 12.8. The minimum Gasteiger partial charge on any atom is -0.493 e. The summed E-state index contributed by atoms with van der Waals surface area (Å²) in [6.07, 6.45) is 4.89. The molecule has 0 saturated heterocycles. The van der Waals surface area contributed by atoms with Gasteiger partial charge >= 0.3 is 0 Å². The Kier molecular flexibility index (Phi) is 6.11. The number of hydrogen-bond acceptors (Lipinski definition) is 5. The van der Waals surface area contributed by atoms with Gasteiger partial charge in [-0.05, 0) is 55.0 Å². The molecular weight excluding hydrogens is 356 g/mol. The topological polar surface area (TPSA) is 69.7 Å². The molecule has 0 unspecified atom stereocenters. The molecule has 0 aliphatic heterocycles. The molecule has 0 atom stereocenters. The van der Waals surface area contributed by atoms with E-state index in [1.807, 2.05) is 37.3 Å². The van der Waals surface area contributed by atoms with Gasteiger partial charge in [0.15, 0.2) is 11.5 Å². The predicted molar refractivity (Wildman–Crippen MR) is 110 cm³/mol. The molecule has 3 rings (SSSR count). The van der Waals surface area contributed by atoms with Crippen molar-refractivity contribution in [3.63, 3.8) is 0 Å². The lowest BCUT2D eigenvalue weighted by Crippen LogP contribution is -2.08. The van der Waals surface area contributed by atoms with E-state index in [0.717, 1.165) is 10.9 Å². The van der Waals surface area contributed by atoms with E-state index in [1.54, 1.807) is 38.6 Å². The molecule has 0 aliphatic carbocycles. The van der Waals surface area contributed by atoms with Crippen LogP contribution in [-0.4, -0.2) is 31.7 Å². The highest BCUT2D eigenvalue weighted by molar-refractivity contribution is 6.07. The summed E-state index contributed by atoms with van der Waals surface area (Å²) in [5.41, 5.74) is 2.21. The molecule has 6 nitrogen and oxygen atoms in total. The molecule has 1 aromatic heterocycles. The number of pyridine rings is 1. The van der Waals surface area contributed by atoms with E-state index in [-0.39, 0.29) is 5.91 Å². The first-order valence-corrected chi connectivity index (χ1v) is 8.88. The zero-order chi connectivity index (χ0) is 19.9. The van der Waals surface area contributed by atoms with Gasteiger partial charge in [0.2, 0.25) is 5.91 Å². The molecule has 1 N–H and O–H groups in total. The molecule has 6 heteroatoms. The Morgan fingerprint density at radius 1 is 1.07 bits per heavy atom. The summed E-state index contributed by atoms with van der Waals surface area (Å²) < 4.78 is 16.1. The first-order chi connectivity index (χ1) is 13.7. The molecular formula is C22H22N2O4. The molecule has 144 valence electrons. The molecule has 1 heterocycles. The zero-order valence-electron chi connectivity index (χ0n) is 16.1. The lowest BCUT2D eigenvalue weighted by atomic mass is 10.1. The highest BCUT2D eigenvalue weighted by atomic mass is 16.5. The lowest BCUT2D eigenvalue weighted by Gasteiger charge is -2.11. The van der Waals surface area contributed by atoms with Gasteiger partial charge in [0.1, 0.15) is 11.3 Å². The number of ether oxygens (including phenoxy) is 3. The molecule has 0 radical (unpaired) electrons. The monoisotopic (exact) mass is 378 g/mol. The van der Waals surface area contributed by atoms with E-state index in [2.05, 4.69) is 10.3 Å². The number of nitrogens with zero attached hydrogens (tertiary/aromatic N) is 1. The number of amides is 1. The third-order valence-electron chi connectivity index (χ3n) is 4.13. The van der Waals surface area contributed by atoms with Gasteiger partial charge in [-0.3, -0.25) is 9.78 Å². The van der Waals surface area contributed by atoms with Crippen molar-refractivity contribution in [2.45, 2.75) is 6.92 Å². The summed E-state index contributed by atoms with van der Waals surface area (Å²) >= 11 is 0. The average Bonchev–Trinajstić information content (AvgIpc) is 2.74. The van der Waals surface area contributed by atoms with Crippen LogP contribution in [-0.2, 0) is 4.79 Å². The van der Waals surface area contributed by atoms with Crippen molar-refractivity contribution in [2.75, 3.05) is 26.1 Å². The molecule has 2 aromatic carbocycles. The number of methoxy groups -OCH3 is 2. The van der Waals surface area contributed by atoms with Crippen LogP contribution in [0, 0.1) is 0 Å². The van der Waals surface area contributed by atoms with Gasteiger partial charge in [-0.1, -0.05) is 6.07 Å². The van der Waals surface area contributed by atoms with Crippen LogP contribution in [0.15, 0.2) is 54.7 Å². The summed E-state index contributed by atoms with van der Waals surface area (Å²) in [7, 11) is 3.15. The summed E-state index contributed by atoms with van der Waals surface area (Å²) in [5, 5.41) is 3.72. The first-order valence-electron chi connectivity index (χ1n) is 8.88. The minimum atomic E-state index is -0.246. The van der Waals surface area contributed by atoms with Crippen LogP contribution in [0.25, 0.3) is 17.0 Å². The third kappa shape index (κ3) is 4.23. The summed E-state index contributed by atoms with van der Waals surface area (Å²) in [5.74, 6) is 1.69. The molecule has 3 aromatic rings. The van der Waals surface area contributed by atoms with Crippen LogP contribution in [0.4, 0.5) is 5.69 Å². The Morgan fingerprint density at radius 2 is 1.86 bits per heavy atom. The fourth-order valence-electron chi connectivity index (χ4n) is 2.83. The number of benzene rings is 2. The van der Waals surface area contributed by atoms with Gasteiger partial charge in [-0.15, -0.1) is 0 Å². The molecule has 28 heavy (non-hydrogen) atoms. The fourth-order valence-corrected chi connectivity index (χ4v) is 2.83. The summed E-state index contributed by atoms with van der Waals surface area (Å²) in [4.78, 5) is 16.8. The second-order valence-electron chi connectivity index (χ2n) is 5.88. The number of carbonyl (C=O) groups is 1. The number of fused-ring (bicyclic) bond motifs is 1. The average molecular weight is 378 g/mol. The molecule has 0 aliphatic rings. The maximum atomic E-state index is 12.4. The van der Waals surface area contributed by atoms with E-state index >= 15 is 0 Å². The standard InChI is InChI=1S/C22H22N2O4/c1-4-28-19-11-9-17(16-6-5-13-23-22(16)19)24-21(25)12-8-15-7-10-18(26-2)20(14-15)27-3/h5-14H,4H2,1-3H3,(H,24,25)/b12-8+. The van der Waals surface area contributed by atoms with E-state index in [0.29, 0.717) is 35.1 Å². The van der Waals surface area contributed by atoms with Gasteiger partial charge in [-0.2, -0.15) is 0 Å². The number of rotatable bonds is 7. The highest BCUT2D eigenvalue weighted by Crippen LogP contribution is 2.30. The van der Waals surface area contributed by atoms with Crippen molar-refractivity contribution in [3.05, 3.63) is 60.3 Å². The van der Waals surface area contributed by atoms with Crippen LogP contribution in [0.1, 0.15) is 12.5 Å². The van der Waals surface area contributed by atoms with Gasteiger partial charge in [0, 0.05) is 17.7 Å². The highest BCUT2D eigenvalue weighted by Gasteiger charge is 2.09. The molecule has 0 bridgehead atoms. The predicted octanol–water partition coefficient (Wildman–Crippen LogP) is 4.30. The molecule has 0 spiro atoms. The Morgan fingerprint density at radius 3 is 2.61 bits per heavy atom. The third-order valence-corrected chi connectivity index (χ3v) is 4.13. The summed E-state index contributed by atoms with van der Waals surface area (Å²) in [6.45, 7) is 2.47. The molecule has 1 amide bonds. The van der Waals surface area contributed by atoms with Crippen LogP contribution >= 0.6 is 0 Å². The Labute approximate surface area is 163 Å². The maximum Gasteiger partial charge on any atom is 0.248 e. The van der Waals surface area contributed by atoms with Crippen molar-refractivity contribution >= 4 is 28.6 Å². The lowest BCUT2D eigenvalue weighted by molar-refractivity contribution is -0.111. The van der Waals surface area contributed by atoms with Gasteiger partial charge in [0.25, 0.3) is 0 Å². The Balaban J connectivity index is 1.80. The fraction of sp³-hybridized carbons (Fsp3) is 0.182. The zero-order valence-corrected chi connectivity index (χ0v) is 16.1. The van der Waals surface area contributed by atoms with E-state index in [9.17, 15) is 4.79 Å². The molecule has 0 fully saturated rings. The normalized spacial score (nSPS) is 10.8. The number of hydrogen-bond donors (Lipinski definition) is 1. The van der Waals surface area contributed by atoms with Crippen LogP contribution < -0.4 is 19.5 Å². The quantitative estimate of drug-likeness (QED) is 0.621. The van der Waals surface area contributed by atoms with E-state index in [1.165, 1.54) is 6.08 Å². The van der Waals surface area contributed by atoms with Crippen molar-refractivity contribution < 1.29 is 19.0 Å². The Bertz CT molecular complexity index is 1010. The smallest absolute Gasteiger partial charge is 0.248 e. The van der Waals surface area contributed by atoms with Gasteiger partial charge in [-0.25, -0.2) is 0 Å². The van der Waals surface area contributed by atoms with Crippen molar-refractivity contribution in [1.82, 2.24) is 4.98 Å². The second-order valence-corrected chi connectivity index (χ2v) is 5.88. The van der Waals surface area contributed by atoms with Crippen molar-refractivity contribution in [3.8, 4) is 17.2 Å². The van der Waals surface area contributed by atoms with Crippen molar-refractivity contribution in [2.24, 2.45) is 0 Å². The minimum absolute atomic E-state index is 0.246. The first kappa shape index (κ1) is 19.2. The molecule has 0 saturated carbocycles. The largest absolute Gasteiger partial charge is 0.493 e. The maximum absolute atomic E-state index is 12.4. The second kappa shape index (κ2) is 8.90. The van der Waals surface area contributed by atoms with Crippen LogP contribution in [0.5, 0.6) is 17.2 Å². The van der Waals surface area contributed by atoms with Gasteiger partial charge in [0.05, 0.1) is 26.5 Å². The van der Waals surface area contributed by atoms with E-state index in [4.69, 9.17) is 14.2 Å². The number of anilines is 1. The van der Waals surface area contributed by atoms with Gasteiger partial charge < -0.3 is 19.5 Å². The number of aromatic nitrogens is 1. The number of carbonyl (C=O) groups excluding carboxylic acids is 1.